The molecule has 0 saturated carbocycles. The Balaban J connectivity index is 3.42. The van der Waals surface area contributed by atoms with E-state index in [-0.39, 0.29) is 5.04 Å². The van der Waals surface area contributed by atoms with Crippen molar-refractivity contribution in [2.75, 3.05) is 6.61 Å². The van der Waals surface area contributed by atoms with E-state index in [2.05, 4.69) is 20.3 Å². The number of halogens is 4. The molecular formula is C19H29BrF3NO2SSi. The Morgan fingerprint density at radius 3 is 2.18 bits per heavy atom. The molecule has 0 radical (unpaired) electrons. The molecule has 28 heavy (non-hydrogen) atoms. The molecule has 1 unspecified atom stereocenters. The zero-order chi connectivity index (χ0) is 22.1. The van der Waals surface area contributed by atoms with Crippen molar-refractivity contribution in [2.45, 2.75) is 70.3 Å². The molecule has 9 heteroatoms. The van der Waals surface area contributed by atoms with Crippen molar-refractivity contribution in [3.05, 3.63) is 34.1 Å². The van der Waals surface area contributed by atoms with E-state index >= 15 is 8.78 Å². The molecule has 0 amide bonds. The van der Waals surface area contributed by atoms with E-state index in [0.717, 1.165) is 6.07 Å². The summed E-state index contributed by atoms with van der Waals surface area (Å²) >= 11 is 1.18. The first-order valence-electron chi connectivity index (χ1n) is 8.87. The Bertz CT molecular complexity index is 731. The highest BCUT2D eigenvalue weighted by Crippen LogP contribution is 2.38. The summed E-state index contributed by atoms with van der Waals surface area (Å²) in [5.41, 5.74) is -1.26. The van der Waals surface area contributed by atoms with Crippen LogP contribution in [0, 0.1) is 5.82 Å². The van der Waals surface area contributed by atoms with E-state index in [1.807, 2.05) is 33.9 Å². The van der Waals surface area contributed by atoms with Gasteiger partial charge in [-0.25, -0.2) is 4.39 Å². The lowest BCUT2D eigenvalue weighted by molar-refractivity contribution is 0.0194. The van der Waals surface area contributed by atoms with Crippen molar-refractivity contribution >= 4 is 41.3 Å². The van der Waals surface area contributed by atoms with Gasteiger partial charge in [-0.05, 0) is 57.1 Å². The average Bonchev–Trinajstić information content (AvgIpc) is 2.51. The van der Waals surface area contributed by atoms with Crippen molar-refractivity contribution in [1.82, 2.24) is 0 Å². The second-order valence-corrected chi connectivity index (χ2v) is 16.8. The van der Waals surface area contributed by atoms with Crippen LogP contribution >= 0.6 is 15.9 Å². The summed E-state index contributed by atoms with van der Waals surface area (Å²) < 4.78 is 66.3. The lowest BCUT2D eigenvalue weighted by atomic mass is 10.0. The molecule has 0 saturated heterocycles. The third-order valence-corrected chi connectivity index (χ3v) is 11.0. The van der Waals surface area contributed by atoms with Crippen molar-refractivity contribution in [1.29, 1.82) is 0 Å². The van der Waals surface area contributed by atoms with E-state index in [9.17, 15) is 8.94 Å². The van der Waals surface area contributed by atoms with Crippen LogP contribution in [0.1, 0.15) is 47.1 Å². The second kappa shape index (κ2) is 8.79. The fourth-order valence-electron chi connectivity index (χ4n) is 1.77. The maximum atomic E-state index is 15.2. The van der Waals surface area contributed by atoms with Crippen LogP contribution in [0.3, 0.4) is 0 Å². The normalized spacial score (nSPS) is 15.7. The van der Waals surface area contributed by atoms with Gasteiger partial charge in [0.05, 0.1) is 0 Å². The first-order valence-corrected chi connectivity index (χ1v) is 13.7. The van der Waals surface area contributed by atoms with Crippen LogP contribution < -0.4 is 0 Å². The zero-order valence-corrected chi connectivity index (χ0v) is 21.0. The number of hydrogen-bond donors (Lipinski definition) is 0. The first-order chi connectivity index (χ1) is 12.4. The number of benzene rings is 1. The topological polar surface area (TPSA) is 44.7 Å². The largest absolute Gasteiger partial charge is 0.591 e. The van der Waals surface area contributed by atoms with E-state index in [1.54, 1.807) is 20.8 Å². The van der Waals surface area contributed by atoms with Gasteiger partial charge in [0.2, 0.25) is 0 Å². The van der Waals surface area contributed by atoms with Crippen LogP contribution in [-0.4, -0.2) is 35.9 Å². The lowest BCUT2D eigenvalue weighted by Crippen LogP contribution is -2.46. The monoisotopic (exact) mass is 499 g/mol. The van der Waals surface area contributed by atoms with Gasteiger partial charge in [-0.2, -0.15) is 8.78 Å². The zero-order valence-electron chi connectivity index (χ0n) is 17.6. The molecule has 0 heterocycles. The van der Waals surface area contributed by atoms with Gasteiger partial charge < -0.3 is 8.98 Å². The van der Waals surface area contributed by atoms with E-state index in [0.29, 0.717) is 4.47 Å². The molecule has 0 aliphatic heterocycles. The Kier molecular flexibility index (Phi) is 8.07. The smallest absolute Gasteiger partial charge is 0.316 e. The Morgan fingerprint density at radius 2 is 1.71 bits per heavy atom. The number of alkyl halides is 2. The standard InChI is InChI=1S/C19H29BrF3NO2SSi/c1-17(2,3)27(25)24-16(14-11-13(20)9-10-15(14)21)19(22,23)12-26-28(7,8)18(4,5)6/h9-11H,12H2,1-8H3/b24-16+. The van der Waals surface area contributed by atoms with Crippen LogP contribution in [0.4, 0.5) is 13.2 Å². The minimum absolute atomic E-state index is 0.268. The highest BCUT2D eigenvalue weighted by atomic mass is 79.9. The lowest BCUT2D eigenvalue weighted by Gasteiger charge is -2.37. The first kappa shape index (κ1) is 25.7. The molecule has 0 fully saturated rings. The highest BCUT2D eigenvalue weighted by molar-refractivity contribution is 9.10. The average molecular weight is 500 g/mol. The van der Waals surface area contributed by atoms with Crippen molar-refractivity contribution in [3.8, 4) is 0 Å². The van der Waals surface area contributed by atoms with E-state index in [1.165, 1.54) is 12.1 Å². The van der Waals surface area contributed by atoms with Gasteiger partial charge in [0.15, 0.2) is 14.0 Å². The number of rotatable bonds is 6. The van der Waals surface area contributed by atoms with E-state index in [4.69, 9.17) is 4.43 Å². The highest BCUT2D eigenvalue weighted by Gasteiger charge is 2.46. The molecule has 1 rings (SSSR count). The molecule has 1 aromatic rings. The maximum absolute atomic E-state index is 15.2. The summed E-state index contributed by atoms with van der Waals surface area (Å²) in [6, 6.07) is 3.69. The fraction of sp³-hybridized carbons (Fsp3) is 0.632. The molecule has 0 spiro atoms. The number of nitrogens with zero attached hydrogens (tertiary/aromatic N) is 1. The summed E-state index contributed by atoms with van der Waals surface area (Å²) in [6.07, 6.45) is 0. The summed E-state index contributed by atoms with van der Waals surface area (Å²) in [6.45, 7) is 13.4. The molecule has 0 bridgehead atoms. The van der Waals surface area contributed by atoms with Gasteiger partial charge in [-0.15, -0.1) is 0 Å². The van der Waals surface area contributed by atoms with Gasteiger partial charge in [-0.1, -0.05) is 41.1 Å². The predicted octanol–water partition coefficient (Wildman–Crippen LogP) is 6.50. The molecule has 160 valence electrons. The van der Waals surface area contributed by atoms with Crippen LogP contribution in [0.2, 0.25) is 18.1 Å². The molecule has 1 atom stereocenters. The molecule has 0 aliphatic rings. The van der Waals surface area contributed by atoms with Gasteiger partial charge in [0.25, 0.3) is 0 Å². The fourth-order valence-corrected chi connectivity index (χ4v) is 3.78. The predicted molar refractivity (Wildman–Crippen MR) is 117 cm³/mol. The van der Waals surface area contributed by atoms with Crippen molar-refractivity contribution in [3.63, 3.8) is 0 Å². The maximum Gasteiger partial charge on any atom is 0.316 e. The second-order valence-electron chi connectivity index (χ2n) is 9.18. The molecular weight excluding hydrogens is 471 g/mol. The van der Waals surface area contributed by atoms with Crippen LogP contribution in [0.15, 0.2) is 27.1 Å². The molecule has 0 N–H and O–H groups in total. The van der Waals surface area contributed by atoms with Gasteiger partial charge >= 0.3 is 5.92 Å². The minimum Gasteiger partial charge on any atom is -0.591 e. The van der Waals surface area contributed by atoms with Crippen molar-refractivity contribution < 1.29 is 22.2 Å². The van der Waals surface area contributed by atoms with Crippen molar-refractivity contribution in [2.24, 2.45) is 4.40 Å². The van der Waals surface area contributed by atoms with Crippen LogP contribution in [0.5, 0.6) is 0 Å². The molecule has 3 nitrogen and oxygen atoms in total. The molecule has 1 aromatic carbocycles. The van der Waals surface area contributed by atoms with E-state index < -0.39 is 54.0 Å². The van der Waals surface area contributed by atoms with Gasteiger partial charge in [-0.3, -0.25) is 0 Å². The Labute approximate surface area is 178 Å². The van der Waals surface area contributed by atoms with Crippen LogP contribution in [-0.2, 0) is 15.8 Å². The third kappa shape index (κ3) is 6.58. The molecule has 0 aliphatic carbocycles. The Hall–Kier alpha value is -0.353. The van der Waals surface area contributed by atoms with Crippen LogP contribution in [0.25, 0.3) is 0 Å². The summed E-state index contributed by atoms with van der Waals surface area (Å²) in [5.74, 6) is -4.47. The quantitative estimate of drug-likeness (QED) is 0.254. The summed E-state index contributed by atoms with van der Waals surface area (Å²) in [5, 5.41) is -0.268. The van der Waals surface area contributed by atoms with Gasteiger partial charge in [0.1, 0.15) is 28.5 Å². The summed E-state index contributed by atoms with van der Waals surface area (Å²) in [7, 11) is -2.48. The molecule has 0 aromatic heterocycles. The third-order valence-electron chi connectivity index (χ3n) is 4.65. The number of hydrogen-bond acceptors (Lipinski definition) is 3. The Morgan fingerprint density at radius 1 is 1.18 bits per heavy atom. The summed E-state index contributed by atoms with van der Waals surface area (Å²) in [4.78, 5) is 0. The SMILES string of the molecule is CC(C)(C)[S+]([O-])/N=C(\c1cc(Br)ccc1F)C(F)(F)CO[Si](C)(C)C(C)(C)C. The minimum atomic E-state index is -3.61. The van der Waals surface area contributed by atoms with Gasteiger partial charge in [0, 0.05) is 10.0 Å².